The van der Waals surface area contributed by atoms with Crippen LogP contribution in [0.15, 0.2) is 53.1 Å². The fourth-order valence-corrected chi connectivity index (χ4v) is 9.25. The van der Waals surface area contributed by atoms with Crippen LogP contribution in [0, 0.1) is 18.6 Å². The molecule has 2 fully saturated rings. The number of para-hydroxylation sites is 1. The lowest BCUT2D eigenvalue weighted by Gasteiger charge is -2.35. The number of fused-ring (bicyclic) bond motifs is 1. The molecule has 14 nitrogen and oxygen atoms in total. The SMILES string of the molecule is COc1cc(N2CCC(NCCNCCc3cc(F)c(C4CCC(=O)NC4=O)cc3F)CC2)c(C)cc1Nc1ncc(Br)c(Nc2cccc3c2N(S(C)(=O)=O)CC3)n1. The molecule has 0 bridgehead atoms. The Morgan fingerprint density at radius 1 is 0.966 bits per heavy atom. The highest BCUT2D eigenvalue weighted by Gasteiger charge is 2.32. The van der Waals surface area contributed by atoms with Gasteiger partial charge in [0.1, 0.15) is 23.2 Å². The summed E-state index contributed by atoms with van der Waals surface area (Å²) >= 11 is 3.53. The summed E-state index contributed by atoms with van der Waals surface area (Å²) in [6, 6.07) is 12.3. The van der Waals surface area contributed by atoms with Crippen LogP contribution in [0.4, 0.5) is 43.3 Å². The standard InChI is InChI=1S/C41H48BrF2N9O5S/c1-24-19-34(49-41-47-23-30(42)39(51-41)48-33-6-4-5-25-10-18-53(38(25)33)59(3,56)57)36(58-2)22-35(24)52-16-11-27(12-17-52)46-15-14-45-13-9-26-20-32(44)29(21-31(26)43)28-7-8-37(54)50-40(28)55/h4-6,19-23,27-28,45-46H,7-18H2,1-3H3,(H,50,54,55)(H2,47,48,49,51). The molecule has 4 aromatic rings. The van der Waals surface area contributed by atoms with E-state index in [0.717, 1.165) is 61.4 Å². The number of anilines is 6. The Bertz CT molecular complexity index is 2350. The van der Waals surface area contributed by atoms with Gasteiger partial charge in [0.25, 0.3) is 0 Å². The van der Waals surface area contributed by atoms with E-state index < -0.39 is 39.4 Å². The van der Waals surface area contributed by atoms with E-state index in [1.54, 1.807) is 13.3 Å². The maximum absolute atomic E-state index is 14.9. The Labute approximate surface area is 351 Å². The first kappa shape index (κ1) is 42.2. The summed E-state index contributed by atoms with van der Waals surface area (Å²) in [5.74, 6) is -1.63. The number of aromatic nitrogens is 2. The molecule has 0 radical (unpaired) electrons. The smallest absolute Gasteiger partial charge is 0.234 e. The van der Waals surface area contributed by atoms with Gasteiger partial charge in [-0.25, -0.2) is 22.2 Å². The third-order valence-corrected chi connectivity index (χ3v) is 12.8. The molecule has 5 N–H and O–H groups in total. The summed E-state index contributed by atoms with van der Waals surface area (Å²) in [6.45, 7) is 6.01. The monoisotopic (exact) mass is 895 g/mol. The highest BCUT2D eigenvalue weighted by Crippen LogP contribution is 2.40. The van der Waals surface area contributed by atoms with Gasteiger partial charge in [-0.05, 0) is 102 Å². The van der Waals surface area contributed by atoms with Crippen molar-refractivity contribution in [2.45, 2.75) is 57.4 Å². The normalized spacial score (nSPS) is 17.2. The minimum Gasteiger partial charge on any atom is -0.494 e. The van der Waals surface area contributed by atoms with Gasteiger partial charge in [-0.1, -0.05) is 12.1 Å². The molecule has 314 valence electrons. The minimum absolute atomic E-state index is 0.0158. The minimum atomic E-state index is -3.45. The van der Waals surface area contributed by atoms with Gasteiger partial charge in [-0.3, -0.25) is 19.2 Å². The highest BCUT2D eigenvalue weighted by molar-refractivity contribution is 9.10. The summed E-state index contributed by atoms with van der Waals surface area (Å²) in [6.07, 6.45) is 5.92. The van der Waals surface area contributed by atoms with Gasteiger partial charge in [0, 0.05) is 68.7 Å². The number of hydrogen-bond donors (Lipinski definition) is 5. The van der Waals surface area contributed by atoms with E-state index in [0.29, 0.717) is 77.6 Å². The number of nitrogens with zero attached hydrogens (tertiary/aromatic N) is 4. The first-order valence-electron chi connectivity index (χ1n) is 19.6. The van der Waals surface area contributed by atoms with Crippen molar-refractivity contribution < 1.29 is 31.5 Å². The predicted octanol–water partition coefficient (Wildman–Crippen LogP) is 5.55. The van der Waals surface area contributed by atoms with E-state index in [9.17, 15) is 26.8 Å². The summed E-state index contributed by atoms with van der Waals surface area (Å²) in [7, 11) is -1.83. The fraction of sp³-hybridized carbons (Fsp3) is 0.415. The van der Waals surface area contributed by atoms with Crippen LogP contribution in [-0.4, -0.2) is 88.9 Å². The largest absolute Gasteiger partial charge is 0.494 e. The lowest BCUT2D eigenvalue weighted by atomic mass is 9.89. The molecule has 2 amide bonds. The van der Waals surface area contributed by atoms with Crippen molar-refractivity contribution in [1.82, 2.24) is 25.9 Å². The van der Waals surface area contributed by atoms with E-state index in [2.05, 4.69) is 59.3 Å². The molecule has 3 aromatic carbocycles. The number of halogens is 3. The van der Waals surface area contributed by atoms with Gasteiger partial charge in [0.05, 0.1) is 40.8 Å². The molecule has 0 aliphatic carbocycles. The van der Waals surface area contributed by atoms with E-state index in [4.69, 9.17) is 9.72 Å². The lowest BCUT2D eigenvalue weighted by Crippen LogP contribution is -2.44. The van der Waals surface area contributed by atoms with Crippen LogP contribution in [0.5, 0.6) is 5.75 Å². The Hall–Kier alpha value is -4.91. The number of piperidine rings is 2. The van der Waals surface area contributed by atoms with Crippen molar-refractivity contribution in [2.24, 2.45) is 0 Å². The Morgan fingerprint density at radius 2 is 1.76 bits per heavy atom. The molecule has 18 heteroatoms. The molecule has 3 aliphatic rings. The third kappa shape index (κ3) is 9.77. The summed E-state index contributed by atoms with van der Waals surface area (Å²) in [4.78, 5) is 35.1. The Balaban J connectivity index is 0.888. The fourth-order valence-electron chi connectivity index (χ4n) is 7.99. The van der Waals surface area contributed by atoms with E-state index in [1.807, 2.05) is 30.3 Å². The van der Waals surface area contributed by atoms with Crippen molar-refractivity contribution in [2.75, 3.05) is 72.5 Å². The van der Waals surface area contributed by atoms with E-state index in [-0.39, 0.29) is 24.0 Å². The molecule has 0 spiro atoms. The van der Waals surface area contributed by atoms with Crippen molar-refractivity contribution in [1.29, 1.82) is 0 Å². The van der Waals surface area contributed by atoms with Gasteiger partial charge < -0.3 is 30.9 Å². The molecule has 3 aliphatic heterocycles. The van der Waals surface area contributed by atoms with Crippen molar-refractivity contribution in [3.8, 4) is 5.75 Å². The molecular weight excluding hydrogens is 848 g/mol. The molecular formula is C41H48BrF2N9O5S. The van der Waals surface area contributed by atoms with Crippen molar-refractivity contribution in [3.63, 3.8) is 0 Å². The number of amides is 2. The van der Waals surface area contributed by atoms with Gasteiger partial charge in [-0.2, -0.15) is 4.98 Å². The predicted molar refractivity (Wildman–Crippen MR) is 228 cm³/mol. The molecule has 2 saturated heterocycles. The molecule has 59 heavy (non-hydrogen) atoms. The second-order valence-electron chi connectivity index (χ2n) is 15.1. The molecule has 4 heterocycles. The number of rotatable bonds is 15. The Kier molecular flexibility index (Phi) is 13.0. The summed E-state index contributed by atoms with van der Waals surface area (Å²) < 4.78 is 62.6. The van der Waals surface area contributed by atoms with Gasteiger partial charge in [-0.15, -0.1) is 0 Å². The topological polar surface area (TPSA) is 170 Å². The van der Waals surface area contributed by atoms with E-state index >= 15 is 0 Å². The average Bonchev–Trinajstić information content (AvgIpc) is 3.66. The first-order valence-corrected chi connectivity index (χ1v) is 22.3. The second kappa shape index (κ2) is 18.1. The zero-order valence-corrected chi connectivity index (χ0v) is 35.5. The zero-order valence-electron chi connectivity index (χ0n) is 33.1. The van der Waals surface area contributed by atoms with Crippen molar-refractivity contribution in [3.05, 3.63) is 87.0 Å². The zero-order chi connectivity index (χ0) is 41.8. The number of imide groups is 1. The van der Waals surface area contributed by atoms with Gasteiger partial charge >= 0.3 is 0 Å². The van der Waals surface area contributed by atoms with Crippen LogP contribution >= 0.6 is 15.9 Å². The van der Waals surface area contributed by atoms with Crippen LogP contribution in [0.2, 0.25) is 0 Å². The highest BCUT2D eigenvalue weighted by atomic mass is 79.9. The molecule has 0 saturated carbocycles. The number of aryl methyl sites for hydroxylation is 1. The van der Waals surface area contributed by atoms with Crippen LogP contribution in [0.3, 0.4) is 0 Å². The number of sulfonamides is 1. The van der Waals surface area contributed by atoms with Gasteiger partial charge in [0.15, 0.2) is 0 Å². The molecule has 1 unspecified atom stereocenters. The lowest BCUT2D eigenvalue weighted by molar-refractivity contribution is -0.134. The quantitative estimate of drug-likeness (QED) is 0.0746. The van der Waals surface area contributed by atoms with E-state index in [1.165, 1.54) is 10.6 Å². The van der Waals surface area contributed by atoms with Crippen LogP contribution in [0.1, 0.15) is 53.9 Å². The number of benzene rings is 3. The number of carbonyl (C=O) groups is 2. The summed E-state index contributed by atoms with van der Waals surface area (Å²) in [5, 5.41) is 15.7. The van der Waals surface area contributed by atoms with Crippen LogP contribution < -0.4 is 40.5 Å². The maximum Gasteiger partial charge on any atom is 0.234 e. The number of ether oxygens (including phenoxy) is 1. The van der Waals surface area contributed by atoms with Crippen LogP contribution in [0.25, 0.3) is 0 Å². The molecule has 7 rings (SSSR count). The molecule has 1 atom stereocenters. The number of methoxy groups -OCH3 is 1. The van der Waals surface area contributed by atoms with Crippen LogP contribution in [-0.2, 0) is 32.5 Å². The number of nitrogens with one attached hydrogen (secondary N) is 5. The number of hydrogen-bond acceptors (Lipinski definition) is 12. The van der Waals surface area contributed by atoms with Crippen molar-refractivity contribution >= 4 is 72.3 Å². The maximum atomic E-state index is 14.9. The molecule has 1 aromatic heterocycles. The van der Waals surface area contributed by atoms with Gasteiger partial charge in [0.2, 0.25) is 27.8 Å². The first-order chi connectivity index (χ1) is 28.3. The Morgan fingerprint density at radius 3 is 2.51 bits per heavy atom. The summed E-state index contributed by atoms with van der Waals surface area (Å²) in [5.41, 5.74) is 5.26. The second-order valence-corrected chi connectivity index (χ2v) is 17.8. The average molecular weight is 897 g/mol. The number of carbonyl (C=O) groups excluding carboxylic acids is 2. The third-order valence-electron chi connectivity index (χ3n) is 11.0.